The van der Waals surface area contributed by atoms with E-state index in [-0.39, 0.29) is 5.97 Å². The van der Waals surface area contributed by atoms with Gasteiger partial charge < -0.3 is 9.47 Å². The first-order valence-corrected chi connectivity index (χ1v) is 7.14. The molecule has 2 rings (SSSR count). The van der Waals surface area contributed by atoms with E-state index >= 15 is 0 Å². The number of alkyl halides is 1. The van der Waals surface area contributed by atoms with Crippen LogP contribution in [0.1, 0.15) is 12.0 Å². The summed E-state index contributed by atoms with van der Waals surface area (Å²) in [5.41, 5.74) is 0.596. The molecule has 0 aliphatic carbocycles. The predicted octanol–water partition coefficient (Wildman–Crippen LogP) is 2.57. The van der Waals surface area contributed by atoms with Crippen LogP contribution in [-0.4, -0.2) is 23.6 Å². The number of hydrogen-bond acceptors (Lipinski definition) is 3. The van der Waals surface area contributed by atoms with E-state index in [1.807, 2.05) is 30.3 Å². The van der Waals surface area contributed by atoms with Gasteiger partial charge in [0.2, 0.25) is 0 Å². The van der Waals surface area contributed by atoms with Crippen LogP contribution in [0, 0.1) is 5.41 Å². The lowest BCUT2D eigenvalue weighted by Gasteiger charge is -2.22. The Kier molecular flexibility index (Phi) is 4.39. The Hall–Kier alpha value is -0.620. The van der Waals surface area contributed by atoms with Crippen LogP contribution in [0.2, 0.25) is 0 Å². The number of benzene rings is 1. The van der Waals surface area contributed by atoms with Crippen LogP contribution >= 0.6 is 22.6 Å². The van der Waals surface area contributed by atoms with Gasteiger partial charge in [-0.1, -0.05) is 52.9 Å². The molecule has 3 nitrogen and oxygen atoms in total. The monoisotopic (exact) mass is 346 g/mol. The largest absolute Gasteiger partial charge is 0.460 e. The molecule has 1 aromatic rings. The van der Waals surface area contributed by atoms with Crippen molar-refractivity contribution in [2.75, 3.05) is 17.6 Å². The van der Waals surface area contributed by atoms with Crippen LogP contribution in [-0.2, 0) is 20.9 Å². The molecule has 1 saturated heterocycles. The quantitative estimate of drug-likeness (QED) is 0.478. The van der Waals surface area contributed by atoms with Gasteiger partial charge in [-0.15, -0.1) is 0 Å². The van der Waals surface area contributed by atoms with Gasteiger partial charge in [0.15, 0.2) is 0 Å². The molecule has 4 heteroatoms. The van der Waals surface area contributed by atoms with Gasteiger partial charge in [0.25, 0.3) is 0 Å². The molecule has 1 unspecified atom stereocenters. The van der Waals surface area contributed by atoms with Gasteiger partial charge in [-0.05, 0) is 12.0 Å². The Morgan fingerprint density at radius 1 is 1.41 bits per heavy atom. The zero-order chi connectivity index (χ0) is 12.1. The van der Waals surface area contributed by atoms with E-state index in [0.717, 1.165) is 16.4 Å². The van der Waals surface area contributed by atoms with E-state index in [9.17, 15) is 4.79 Å². The van der Waals surface area contributed by atoms with Crippen molar-refractivity contribution < 1.29 is 14.3 Å². The fourth-order valence-corrected chi connectivity index (χ4v) is 2.72. The number of rotatable bonds is 4. The van der Waals surface area contributed by atoms with Gasteiger partial charge in [0, 0.05) is 11.0 Å². The van der Waals surface area contributed by atoms with E-state index in [0.29, 0.717) is 19.8 Å². The smallest absolute Gasteiger partial charge is 0.315 e. The molecule has 0 radical (unpaired) electrons. The van der Waals surface area contributed by atoms with Crippen LogP contribution < -0.4 is 0 Å². The third kappa shape index (κ3) is 2.98. The molecule has 1 aromatic carbocycles. The zero-order valence-corrected chi connectivity index (χ0v) is 11.7. The first kappa shape index (κ1) is 12.8. The van der Waals surface area contributed by atoms with Crippen molar-refractivity contribution in [3.8, 4) is 0 Å². The highest BCUT2D eigenvalue weighted by Gasteiger charge is 2.42. The topological polar surface area (TPSA) is 35.5 Å². The molecule has 0 spiro atoms. The summed E-state index contributed by atoms with van der Waals surface area (Å²) in [6.45, 7) is 1.49. The molecule has 1 aliphatic heterocycles. The highest BCUT2D eigenvalue weighted by atomic mass is 127. The number of esters is 1. The summed E-state index contributed by atoms with van der Waals surface area (Å²) in [6.07, 6.45) is 0.767. The van der Waals surface area contributed by atoms with Crippen molar-refractivity contribution >= 4 is 28.6 Å². The Bertz CT molecular complexity index is 372. The standard InChI is InChI=1S/C13H15IO3/c14-9-13(6-7-16-10-13)12(15)17-8-11-4-2-1-3-5-11/h1-5H,6-10H2. The highest BCUT2D eigenvalue weighted by molar-refractivity contribution is 14.1. The number of carbonyl (C=O) groups is 1. The minimum atomic E-state index is -0.421. The van der Waals surface area contributed by atoms with Crippen LogP contribution in [0.4, 0.5) is 0 Å². The van der Waals surface area contributed by atoms with Crippen molar-refractivity contribution in [2.45, 2.75) is 13.0 Å². The molecule has 1 aliphatic rings. The van der Waals surface area contributed by atoms with E-state index in [2.05, 4.69) is 22.6 Å². The third-order valence-electron chi connectivity index (χ3n) is 3.00. The summed E-state index contributed by atoms with van der Waals surface area (Å²) in [5.74, 6) is -0.131. The number of ether oxygens (including phenoxy) is 2. The van der Waals surface area contributed by atoms with Gasteiger partial charge in [-0.25, -0.2) is 0 Å². The van der Waals surface area contributed by atoms with E-state index < -0.39 is 5.41 Å². The van der Waals surface area contributed by atoms with Crippen LogP contribution in [0.5, 0.6) is 0 Å². The summed E-state index contributed by atoms with van der Waals surface area (Å²) in [5, 5.41) is 0. The lowest BCUT2D eigenvalue weighted by atomic mass is 9.90. The van der Waals surface area contributed by atoms with E-state index in [1.165, 1.54) is 0 Å². The predicted molar refractivity (Wildman–Crippen MR) is 73.0 cm³/mol. The maximum atomic E-state index is 12.1. The normalized spacial score (nSPS) is 23.6. The van der Waals surface area contributed by atoms with Crippen molar-refractivity contribution in [1.82, 2.24) is 0 Å². The summed E-state index contributed by atoms with van der Waals surface area (Å²) in [7, 11) is 0. The van der Waals surface area contributed by atoms with Gasteiger partial charge in [0.1, 0.15) is 12.0 Å². The Morgan fingerprint density at radius 3 is 2.76 bits per heavy atom. The van der Waals surface area contributed by atoms with Crippen LogP contribution in [0.25, 0.3) is 0 Å². The lowest BCUT2D eigenvalue weighted by molar-refractivity contribution is -0.155. The fourth-order valence-electron chi connectivity index (χ4n) is 1.80. The molecule has 0 aromatic heterocycles. The second-order valence-corrected chi connectivity index (χ2v) is 5.04. The van der Waals surface area contributed by atoms with Gasteiger partial charge in [-0.2, -0.15) is 0 Å². The molecule has 1 fully saturated rings. The molecule has 0 saturated carbocycles. The Balaban J connectivity index is 1.93. The van der Waals surface area contributed by atoms with Gasteiger partial charge in [-0.3, -0.25) is 4.79 Å². The molecular formula is C13H15IO3. The summed E-state index contributed by atoms with van der Waals surface area (Å²) >= 11 is 2.23. The number of hydrogen-bond donors (Lipinski definition) is 0. The maximum Gasteiger partial charge on any atom is 0.315 e. The van der Waals surface area contributed by atoms with Crippen molar-refractivity contribution in [2.24, 2.45) is 5.41 Å². The van der Waals surface area contributed by atoms with Gasteiger partial charge >= 0.3 is 5.97 Å². The van der Waals surface area contributed by atoms with E-state index in [4.69, 9.17) is 9.47 Å². The van der Waals surface area contributed by atoms with E-state index in [1.54, 1.807) is 0 Å². The van der Waals surface area contributed by atoms with Crippen molar-refractivity contribution in [3.05, 3.63) is 35.9 Å². The van der Waals surface area contributed by atoms with Crippen LogP contribution in [0.15, 0.2) is 30.3 Å². The summed E-state index contributed by atoms with van der Waals surface area (Å²) in [6, 6.07) is 9.73. The van der Waals surface area contributed by atoms with Crippen LogP contribution in [0.3, 0.4) is 0 Å². The second-order valence-electron chi connectivity index (χ2n) is 4.28. The second kappa shape index (κ2) is 5.82. The zero-order valence-electron chi connectivity index (χ0n) is 9.52. The molecule has 0 bridgehead atoms. The van der Waals surface area contributed by atoms with Gasteiger partial charge in [0.05, 0.1) is 6.61 Å². The Labute approximate surface area is 115 Å². The molecular weight excluding hydrogens is 331 g/mol. The third-order valence-corrected chi connectivity index (χ3v) is 4.47. The molecule has 1 atom stereocenters. The van der Waals surface area contributed by atoms with Crippen molar-refractivity contribution in [3.63, 3.8) is 0 Å². The number of halogens is 1. The fraction of sp³-hybridized carbons (Fsp3) is 0.462. The maximum absolute atomic E-state index is 12.1. The lowest BCUT2D eigenvalue weighted by Crippen LogP contribution is -2.35. The highest BCUT2D eigenvalue weighted by Crippen LogP contribution is 2.32. The first-order chi connectivity index (χ1) is 8.27. The average Bonchev–Trinajstić information content (AvgIpc) is 2.87. The Morgan fingerprint density at radius 2 is 2.18 bits per heavy atom. The number of carbonyl (C=O) groups excluding carboxylic acids is 1. The molecule has 0 amide bonds. The van der Waals surface area contributed by atoms with Crippen molar-refractivity contribution in [1.29, 1.82) is 0 Å². The minimum absolute atomic E-state index is 0.131. The first-order valence-electron chi connectivity index (χ1n) is 5.62. The molecule has 0 N–H and O–H groups in total. The SMILES string of the molecule is O=C(OCc1ccccc1)C1(CI)CCOC1. The molecule has 17 heavy (non-hydrogen) atoms. The minimum Gasteiger partial charge on any atom is -0.460 e. The summed E-state index contributed by atoms with van der Waals surface area (Å²) in [4.78, 5) is 12.1. The molecule has 1 heterocycles. The average molecular weight is 346 g/mol. The molecule has 92 valence electrons. The summed E-state index contributed by atoms with van der Waals surface area (Å²) < 4.78 is 11.4.